The molecule has 0 saturated carbocycles. The molecule has 1 heterocycles. The van der Waals surface area contributed by atoms with Crippen molar-refractivity contribution < 1.29 is 29.0 Å². The highest BCUT2D eigenvalue weighted by atomic mass is 16.6. The minimum Gasteiger partial charge on any atom is -0.480 e. The number of carbonyl (C=O) groups is 3. The second kappa shape index (κ2) is 9.62. The Morgan fingerprint density at radius 3 is 2.30 bits per heavy atom. The molecule has 0 spiro atoms. The van der Waals surface area contributed by atoms with Gasteiger partial charge in [-0.25, -0.2) is 9.59 Å². The Balaban J connectivity index is 1.40. The summed E-state index contributed by atoms with van der Waals surface area (Å²) in [7, 11) is 0. The van der Waals surface area contributed by atoms with Crippen molar-refractivity contribution in [3.63, 3.8) is 0 Å². The summed E-state index contributed by atoms with van der Waals surface area (Å²) in [5, 5.41) is 12.0. The number of amides is 2. The average Bonchev–Trinajstić information content (AvgIpc) is 3.40. The van der Waals surface area contributed by atoms with Crippen LogP contribution in [0.3, 0.4) is 0 Å². The zero-order chi connectivity index (χ0) is 23.5. The largest absolute Gasteiger partial charge is 0.480 e. The number of hydrogen-bond donors (Lipinski definition) is 2. The summed E-state index contributed by atoms with van der Waals surface area (Å²) in [5.74, 6) is -1.61. The van der Waals surface area contributed by atoms with Crippen molar-refractivity contribution in [3.05, 3.63) is 59.7 Å². The first-order valence-electron chi connectivity index (χ1n) is 11.2. The van der Waals surface area contributed by atoms with E-state index in [9.17, 15) is 19.5 Å². The summed E-state index contributed by atoms with van der Waals surface area (Å²) in [5.41, 5.74) is 4.52. The Bertz CT molecular complexity index is 1010. The van der Waals surface area contributed by atoms with Crippen LogP contribution in [0.4, 0.5) is 4.79 Å². The highest BCUT2D eigenvalue weighted by Gasteiger charge is 2.40. The van der Waals surface area contributed by atoms with Gasteiger partial charge in [-0.05, 0) is 42.5 Å². The topological polar surface area (TPSA) is 105 Å². The minimum absolute atomic E-state index is 0.0626. The number of benzene rings is 2. The molecule has 2 amide bonds. The van der Waals surface area contributed by atoms with Crippen LogP contribution in [-0.4, -0.2) is 65.9 Å². The van der Waals surface area contributed by atoms with Gasteiger partial charge in [0.15, 0.2) is 6.10 Å². The van der Waals surface area contributed by atoms with Crippen LogP contribution in [0.25, 0.3) is 11.1 Å². The third kappa shape index (κ3) is 4.43. The van der Waals surface area contributed by atoms with Gasteiger partial charge in [0.1, 0.15) is 12.6 Å². The van der Waals surface area contributed by atoms with Crippen molar-refractivity contribution in [2.45, 2.75) is 44.4 Å². The first kappa shape index (κ1) is 22.8. The highest BCUT2D eigenvalue weighted by molar-refractivity contribution is 5.87. The van der Waals surface area contributed by atoms with E-state index in [0.29, 0.717) is 13.0 Å². The maximum Gasteiger partial charge on any atom is 0.407 e. The zero-order valence-electron chi connectivity index (χ0n) is 18.7. The lowest BCUT2D eigenvalue weighted by Gasteiger charge is -2.29. The van der Waals surface area contributed by atoms with Gasteiger partial charge in [0, 0.05) is 19.1 Å². The van der Waals surface area contributed by atoms with E-state index in [0.717, 1.165) is 22.3 Å². The maximum absolute atomic E-state index is 12.9. The van der Waals surface area contributed by atoms with Gasteiger partial charge in [-0.15, -0.1) is 0 Å². The van der Waals surface area contributed by atoms with Crippen LogP contribution >= 0.6 is 0 Å². The number of rotatable bonds is 7. The van der Waals surface area contributed by atoms with Crippen LogP contribution < -0.4 is 5.32 Å². The quantitative estimate of drug-likeness (QED) is 0.669. The van der Waals surface area contributed by atoms with Crippen molar-refractivity contribution in [1.82, 2.24) is 10.2 Å². The number of hydrogen-bond acceptors (Lipinski definition) is 5. The predicted octanol–water partition coefficient (Wildman–Crippen LogP) is 3.00. The molecule has 0 bridgehead atoms. The highest BCUT2D eigenvalue weighted by Crippen LogP contribution is 2.44. The second-order valence-electron chi connectivity index (χ2n) is 8.29. The Labute approximate surface area is 192 Å². The van der Waals surface area contributed by atoms with Crippen molar-refractivity contribution in [2.24, 2.45) is 0 Å². The number of ether oxygens (including phenoxy) is 2. The number of nitrogens with zero attached hydrogens (tertiary/aromatic N) is 1. The molecule has 2 aromatic rings. The molecule has 8 heteroatoms. The zero-order valence-corrected chi connectivity index (χ0v) is 18.7. The normalized spacial score (nSPS) is 19.9. The molecule has 2 N–H and O–H groups in total. The predicted molar refractivity (Wildman–Crippen MR) is 121 cm³/mol. The van der Waals surface area contributed by atoms with Crippen LogP contribution in [-0.2, 0) is 19.1 Å². The molecular weight excluding hydrogens is 424 g/mol. The molecule has 1 fully saturated rings. The fourth-order valence-electron chi connectivity index (χ4n) is 4.69. The number of carboxylic acids is 1. The Morgan fingerprint density at radius 1 is 1.12 bits per heavy atom. The molecule has 174 valence electrons. The standard InChI is InChI=1S/C25H28N2O6/c1-3-27(15(2)24(29)30)23(28)22-21(12-13-32-22)26-25(31)33-14-20-18-10-6-4-8-16(18)17-9-5-7-11-19(17)20/h4-11,15,20-22H,3,12-14H2,1-2H3,(H,26,31)(H,29,30)/t15?,21-,22+/m0/s1. The summed E-state index contributed by atoms with van der Waals surface area (Å²) >= 11 is 0. The van der Waals surface area contributed by atoms with Crippen LogP contribution in [0.2, 0.25) is 0 Å². The Morgan fingerprint density at radius 2 is 1.73 bits per heavy atom. The number of aliphatic carboxylic acids is 1. The monoisotopic (exact) mass is 452 g/mol. The summed E-state index contributed by atoms with van der Waals surface area (Å²) < 4.78 is 11.1. The lowest BCUT2D eigenvalue weighted by atomic mass is 9.98. The summed E-state index contributed by atoms with van der Waals surface area (Å²) in [6.07, 6.45) is -1.12. The van der Waals surface area contributed by atoms with E-state index in [-0.39, 0.29) is 19.1 Å². The van der Waals surface area contributed by atoms with E-state index in [1.165, 1.54) is 11.8 Å². The van der Waals surface area contributed by atoms with Crippen LogP contribution in [0.1, 0.15) is 37.3 Å². The maximum atomic E-state index is 12.9. The molecule has 0 aromatic heterocycles. The number of fused-ring (bicyclic) bond motifs is 3. The van der Waals surface area contributed by atoms with Gasteiger partial charge in [-0.1, -0.05) is 48.5 Å². The van der Waals surface area contributed by atoms with Crippen LogP contribution in [0.15, 0.2) is 48.5 Å². The molecule has 2 aliphatic rings. The van der Waals surface area contributed by atoms with Gasteiger partial charge in [-0.2, -0.15) is 0 Å². The summed E-state index contributed by atoms with van der Waals surface area (Å²) in [6.45, 7) is 3.85. The van der Waals surface area contributed by atoms with E-state index < -0.39 is 36.2 Å². The minimum atomic E-state index is -1.09. The van der Waals surface area contributed by atoms with Crippen LogP contribution in [0.5, 0.6) is 0 Å². The van der Waals surface area contributed by atoms with Gasteiger partial charge in [0.2, 0.25) is 0 Å². The molecule has 0 radical (unpaired) electrons. The molecule has 1 unspecified atom stereocenters. The summed E-state index contributed by atoms with van der Waals surface area (Å²) in [4.78, 5) is 38.1. The molecule has 4 rings (SSSR count). The van der Waals surface area contributed by atoms with Crippen molar-refractivity contribution in [3.8, 4) is 11.1 Å². The van der Waals surface area contributed by atoms with E-state index >= 15 is 0 Å². The SMILES string of the molecule is CCN(C(=O)[C@@H]1OCC[C@@H]1NC(=O)OCC1c2ccccc2-c2ccccc21)C(C)C(=O)O. The third-order valence-corrected chi connectivity index (χ3v) is 6.43. The van der Waals surface area contributed by atoms with Crippen molar-refractivity contribution >= 4 is 18.0 Å². The Hall–Kier alpha value is -3.39. The fourth-order valence-corrected chi connectivity index (χ4v) is 4.69. The number of carboxylic acid groups (broad SMARTS) is 1. The van der Waals surface area contributed by atoms with Gasteiger partial charge < -0.3 is 24.8 Å². The molecule has 2 aromatic carbocycles. The molecule has 1 saturated heterocycles. The van der Waals surface area contributed by atoms with Gasteiger partial charge >= 0.3 is 12.1 Å². The third-order valence-electron chi connectivity index (χ3n) is 6.43. The molecule has 1 aliphatic carbocycles. The van der Waals surface area contributed by atoms with Gasteiger partial charge in [0.25, 0.3) is 5.91 Å². The summed E-state index contributed by atoms with van der Waals surface area (Å²) in [6, 6.07) is 14.6. The number of alkyl carbamates (subject to hydrolysis) is 1. The van der Waals surface area contributed by atoms with Crippen molar-refractivity contribution in [2.75, 3.05) is 19.8 Å². The van der Waals surface area contributed by atoms with Gasteiger partial charge in [-0.3, -0.25) is 4.79 Å². The van der Waals surface area contributed by atoms with E-state index in [4.69, 9.17) is 9.47 Å². The van der Waals surface area contributed by atoms with E-state index in [2.05, 4.69) is 17.4 Å². The first-order chi connectivity index (χ1) is 15.9. The molecule has 8 nitrogen and oxygen atoms in total. The molecule has 3 atom stereocenters. The molecular formula is C25H28N2O6. The van der Waals surface area contributed by atoms with E-state index in [1.54, 1.807) is 6.92 Å². The second-order valence-corrected chi connectivity index (χ2v) is 8.29. The Kier molecular flexibility index (Phi) is 6.65. The number of likely N-dealkylation sites (N-methyl/N-ethyl adjacent to an activating group) is 1. The molecule has 1 aliphatic heterocycles. The average molecular weight is 453 g/mol. The van der Waals surface area contributed by atoms with Crippen molar-refractivity contribution in [1.29, 1.82) is 0 Å². The lowest BCUT2D eigenvalue weighted by Crippen LogP contribution is -2.53. The first-order valence-corrected chi connectivity index (χ1v) is 11.2. The smallest absolute Gasteiger partial charge is 0.407 e. The van der Waals surface area contributed by atoms with Crippen LogP contribution in [0, 0.1) is 0 Å². The molecule has 33 heavy (non-hydrogen) atoms. The number of carbonyl (C=O) groups excluding carboxylic acids is 2. The number of nitrogens with one attached hydrogen (secondary N) is 1. The van der Waals surface area contributed by atoms with E-state index in [1.807, 2.05) is 36.4 Å². The van der Waals surface area contributed by atoms with Gasteiger partial charge in [0.05, 0.1) is 6.04 Å². The fraction of sp³-hybridized carbons (Fsp3) is 0.400. The lowest BCUT2D eigenvalue weighted by molar-refractivity contribution is -0.154.